The van der Waals surface area contributed by atoms with E-state index in [2.05, 4.69) is 27.7 Å². The smallest absolute Gasteiger partial charge is 0.338 e. The second-order valence-corrected chi connectivity index (χ2v) is 9.01. The molecule has 0 aliphatic heterocycles. The van der Waals surface area contributed by atoms with Crippen LogP contribution in [0.25, 0.3) is 0 Å². The number of benzene rings is 1. The first kappa shape index (κ1) is 19.3. The van der Waals surface area contributed by atoms with Crippen LogP contribution in [0.15, 0.2) is 24.3 Å². The summed E-state index contributed by atoms with van der Waals surface area (Å²) in [5.41, 5.74) is 1.18. The van der Waals surface area contributed by atoms with E-state index in [9.17, 15) is 4.79 Å². The van der Waals surface area contributed by atoms with Crippen LogP contribution < -0.4 is 4.74 Å². The van der Waals surface area contributed by atoms with Gasteiger partial charge in [0, 0.05) is 5.92 Å². The fourth-order valence-corrected chi connectivity index (χ4v) is 4.94. The zero-order chi connectivity index (χ0) is 18.8. The molecule has 0 aromatic heterocycles. The van der Waals surface area contributed by atoms with Crippen molar-refractivity contribution in [2.45, 2.75) is 78.7 Å². The highest BCUT2D eigenvalue weighted by Gasteiger charge is 2.61. The van der Waals surface area contributed by atoms with Gasteiger partial charge in [-0.05, 0) is 60.8 Å². The highest BCUT2D eigenvalue weighted by Crippen LogP contribution is 2.66. The summed E-state index contributed by atoms with van der Waals surface area (Å²) in [6.45, 7) is 9.97. The third-order valence-electron chi connectivity index (χ3n) is 7.21. The molecule has 3 unspecified atom stereocenters. The van der Waals surface area contributed by atoms with Gasteiger partial charge >= 0.3 is 5.97 Å². The third kappa shape index (κ3) is 3.63. The highest BCUT2D eigenvalue weighted by atomic mass is 16.5. The first-order valence-corrected chi connectivity index (χ1v) is 10.3. The molecule has 0 N–H and O–H groups in total. The van der Waals surface area contributed by atoms with Gasteiger partial charge in [-0.2, -0.15) is 0 Å². The second kappa shape index (κ2) is 7.62. The average molecular weight is 359 g/mol. The number of esters is 1. The molecule has 1 aromatic rings. The zero-order valence-corrected chi connectivity index (χ0v) is 16.8. The highest BCUT2D eigenvalue weighted by molar-refractivity contribution is 5.89. The first-order valence-electron chi connectivity index (χ1n) is 10.3. The number of carbonyl (C=O) groups is 1. The Hall–Kier alpha value is -1.51. The van der Waals surface area contributed by atoms with Gasteiger partial charge in [-0.1, -0.05) is 47.0 Å². The third-order valence-corrected chi connectivity index (χ3v) is 7.21. The maximum absolute atomic E-state index is 12.6. The van der Waals surface area contributed by atoms with Gasteiger partial charge in [0.2, 0.25) is 0 Å². The second-order valence-electron chi connectivity index (χ2n) is 9.01. The van der Waals surface area contributed by atoms with E-state index in [0.29, 0.717) is 16.9 Å². The van der Waals surface area contributed by atoms with E-state index in [1.54, 1.807) is 0 Å². The lowest BCUT2D eigenvalue weighted by Gasteiger charge is -2.33. The number of ether oxygens (including phenoxy) is 2. The minimum atomic E-state index is -0.198. The van der Waals surface area contributed by atoms with Crippen molar-refractivity contribution in [1.82, 2.24) is 0 Å². The van der Waals surface area contributed by atoms with Crippen LogP contribution in [0.4, 0.5) is 0 Å². The summed E-state index contributed by atoms with van der Waals surface area (Å²) in [7, 11) is 0. The van der Waals surface area contributed by atoms with E-state index < -0.39 is 0 Å². The Kier molecular flexibility index (Phi) is 5.64. The summed E-state index contributed by atoms with van der Waals surface area (Å²) in [4.78, 5) is 12.6. The topological polar surface area (TPSA) is 35.5 Å². The molecule has 2 fully saturated rings. The predicted octanol–water partition coefficient (Wildman–Crippen LogP) is 6.02. The van der Waals surface area contributed by atoms with Crippen molar-refractivity contribution in [1.29, 1.82) is 0 Å². The van der Waals surface area contributed by atoms with Crippen molar-refractivity contribution in [2.75, 3.05) is 6.61 Å². The van der Waals surface area contributed by atoms with E-state index in [-0.39, 0.29) is 17.5 Å². The quantitative estimate of drug-likeness (QED) is 0.421. The van der Waals surface area contributed by atoms with Crippen molar-refractivity contribution >= 4 is 5.97 Å². The van der Waals surface area contributed by atoms with Crippen molar-refractivity contribution in [3.63, 3.8) is 0 Å². The number of hydrogen-bond acceptors (Lipinski definition) is 3. The van der Waals surface area contributed by atoms with E-state index in [1.165, 1.54) is 32.1 Å². The molecule has 3 rings (SSSR count). The summed E-state index contributed by atoms with van der Waals surface area (Å²) in [5.74, 6) is 1.12. The molecule has 0 saturated heterocycles. The molecule has 2 bridgehead atoms. The van der Waals surface area contributed by atoms with Crippen LogP contribution in [0.2, 0.25) is 0 Å². The van der Waals surface area contributed by atoms with Gasteiger partial charge in [-0.3, -0.25) is 0 Å². The Bertz CT molecular complexity index is 616. The van der Waals surface area contributed by atoms with Crippen LogP contribution in [0.3, 0.4) is 0 Å². The van der Waals surface area contributed by atoms with Gasteiger partial charge in [0.15, 0.2) is 0 Å². The lowest BCUT2D eigenvalue weighted by atomic mass is 9.71. The fourth-order valence-electron chi connectivity index (χ4n) is 4.94. The lowest BCUT2D eigenvalue weighted by molar-refractivity contribution is 0.0103. The van der Waals surface area contributed by atoms with E-state index >= 15 is 0 Å². The predicted molar refractivity (Wildman–Crippen MR) is 105 cm³/mol. The maximum atomic E-state index is 12.6. The SMILES string of the molecule is CCCCCCOc1ccc(C(=O)OC2CC3(C)CCC2C3(C)C)cc1. The van der Waals surface area contributed by atoms with Crippen molar-refractivity contribution in [3.05, 3.63) is 29.8 Å². The first-order chi connectivity index (χ1) is 12.4. The molecule has 3 heteroatoms. The van der Waals surface area contributed by atoms with Crippen molar-refractivity contribution in [2.24, 2.45) is 16.7 Å². The van der Waals surface area contributed by atoms with Gasteiger partial charge in [0.25, 0.3) is 0 Å². The van der Waals surface area contributed by atoms with Gasteiger partial charge in [0.1, 0.15) is 11.9 Å². The summed E-state index contributed by atoms with van der Waals surface area (Å²) in [5, 5.41) is 0. The molecule has 2 aliphatic carbocycles. The molecule has 1 aromatic carbocycles. The van der Waals surface area contributed by atoms with Gasteiger partial charge in [-0.25, -0.2) is 4.79 Å². The zero-order valence-electron chi connectivity index (χ0n) is 16.8. The lowest BCUT2D eigenvalue weighted by Crippen LogP contribution is -2.28. The average Bonchev–Trinajstić information content (AvgIpc) is 2.94. The van der Waals surface area contributed by atoms with Crippen LogP contribution in [0, 0.1) is 16.7 Å². The molecular formula is C23H34O3. The van der Waals surface area contributed by atoms with E-state index in [1.807, 2.05) is 24.3 Å². The van der Waals surface area contributed by atoms with Crippen LogP contribution in [0.5, 0.6) is 5.75 Å². The Balaban J connectivity index is 1.51. The Morgan fingerprint density at radius 1 is 1.12 bits per heavy atom. The summed E-state index contributed by atoms with van der Waals surface area (Å²) in [6.07, 6.45) is 8.26. The largest absolute Gasteiger partial charge is 0.494 e. The van der Waals surface area contributed by atoms with Gasteiger partial charge < -0.3 is 9.47 Å². The van der Waals surface area contributed by atoms with Crippen LogP contribution in [-0.4, -0.2) is 18.7 Å². The Labute approximate surface area is 158 Å². The van der Waals surface area contributed by atoms with Gasteiger partial charge in [0.05, 0.1) is 12.2 Å². The molecule has 0 radical (unpaired) electrons. The monoisotopic (exact) mass is 358 g/mol. The standard InChI is InChI=1S/C23H34O3/c1-5-6-7-8-15-25-18-11-9-17(10-12-18)21(24)26-20-16-23(4)14-13-19(20)22(23,2)3/h9-12,19-20H,5-8,13-16H2,1-4H3. The molecule has 0 amide bonds. The van der Waals surface area contributed by atoms with Crippen molar-refractivity contribution < 1.29 is 14.3 Å². The molecule has 0 heterocycles. The summed E-state index contributed by atoms with van der Waals surface area (Å²) < 4.78 is 11.7. The van der Waals surface area contributed by atoms with Crippen LogP contribution in [-0.2, 0) is 4.74 Å². The number of rotatable bonds is 8. The minimum absolute atomic E-state index is 0.0609. The maximum Gasteiger partial charge on any atom is 0.338 e. The molecular weight excluding hydrogens is 324 g/mol. The molecule has 26 heavy (non-hydrogen) atoms. The number of unbranched alkanes of at least 4 members (excludes halogenated alkanes) is 3. The van der Waals surface area contributed by atoms with Crippen LogP contribution >= 0.6 is 0 Å². The molecule has 0 spiro atoms. The summed E-state index contributed by atoms with van der Waals surface area (Å²) >= 11 is 0. The molecule has 144 valence electrons. The molecule has 2 aliphatic rings. The Morgan fingerprint density at radius 2 is 1.85 bits per heavy atom. The van der Waals surface area contributed by atoms with E-state index in [4.69, 9.17) is 9.47 Å². The molecule has 2 saturated carbocycles. The molecule has 3 atom stereocenters. The van der Waals surface area contributed by atoms with Crippen LogP contribution in [0.1, 0.15) is 83.0 Å². The van der Waals surface area contributed by atoms with Crippen molar-refractivity contribution in [3.8, 4) is 5.75 Å². The number of fused-ring (bicyclic) bond motifs is 2. The Morgan fingerprint density at radius 3 is 2.42 bits per heavy atom. The molecule has 3 nitrogen and oxygen atoms in total. The number of hydrogen-bond donors (Lipinski definition) is 0. The normalized spacial score (nSPS) is 28.9. The minimum Gasteiger partial charge on any atom is -0.494 e. The van der Waals surface area contributed by atoms with E-state index in [0.717, 1.165) is 25.2 Å². The summed E-state index contributed by atoms with van der Waals surface area (Å²) in [6, 6.07) is 7.40. The number of carbonyl (C=O) groups excluding carboxylic acids is 1. The van der Waals surface area contributed by atoms with Gasteiger partial charge in [-0.15, -0.1) is 0 Å². The fraction of sp³-hybridized carbons (Fsp3) is 0.696.